The molecule has 0 aromatic heterocycles. The average molecular weight is 465 g/mol. The van der Waals surface area contributed by atoms with Crippen molar-refractivity contribution >= 4 is 33.6 Å². The summed E-state index contributed by atoms with van der Waals surface area (Å²) in [5, 5.41) is 5.50. The minimum absolute atomic E-state index is 0.00460. The third-order valence-electron chi connectivity index (χ3n) is 6.63. The first kappa shape index (κ1) is 24.2. The van der Waals surface area contributed by atoms with Gasteiger partial charge in [-0.3, -0.25) is 14.5 Å². The highest BCUT2D eigenvalue weighted by Gasteiger charge is 2.55. The molecule has 1 heterocycles. The Morgan fingerprint density at radius 2 is 1.94 bits per heavy atom. The van der Waals surface area contributed by atoms with Crippen molar-refractivity contribution in [2.75, 3.05) is 25.0 Å². The molecular weight excluding hydrogens is 432 g/mol. The number of imide groups is 1. The first-order chi connectivity index (χ1) is 15.1. The van der Waals surface area contributed by atoms with Gasteiger partial charge in [-0.05, 0) is 43.4 Å². The Hall–Kier alpha value is -2.46. The van der Waals surface area contributed by atoms with E-state index >= 15 is 0 Å². The van der Waals surface area contributed by atoms with E-state index in [1.807, 2.05) is 6.92 Å². The average Bonchev–Trinajstić information content (AvgIpc) is 2.97. The zero-order valence-electron chi connectivity index (χ0n) is 19.1. The van der Waals surface area contributed by atoms with Gasteiger partial charge in [0.05, 0.1) is 4.90 Å². The number of benzene rings is 1. The fraction of sp³-hybridized carbons (Fsp3) is 0.591. The van der Waals surface area contributed by atoms with Gasteiger partial charge in [-0.15, -0.1) is 0 Å². The van der Waals surface area contributed by atoms with Gasteiger partial charge in [0.25, 0.3) is 5.91 Å². The number of hydrogen-bond acceptors (Lipinski definition) is 5. The van der Waals surface area contributed by atoms with Gasteiger partial charge in [0, 0.05) is 18.8 Å². The molecule has 0 unspecified atom stereocenters. The summed E-state index contributed by atoms with van der Waals surface area (Å²) in [5.41, 5.74) is 0.0750. The van der Waals surface area contributed by atoms with Gasteiger partial charge in [-0.25, -0.2) is 13.2 Å². The van der Waals surface area contributed by atoms with E-state index in [0.29, 0.717) is 30.8 Å². The molecule has 2 fully saturated rings. The van der Waals surface area contributed by atoms with Gasteiger partial charge in [0.2, 0.25) is 15.9 Å². The molecule has 4 amide bonds. The molecule has 1 aromatic carbocycles. The van der Waals surface area contributed by atoms with Crippen molar-refractivity contribution in [2.45, 2.75) is 63.8 Å². The molecule has 2 N–H and O–H groups in total. The fourth-order valence-electron chi connectivity index (χ4n) is 4.58. The number of amides is 4. The molecule has 176 valence electrons. The molecule has 1 saturated heterocycles. The Kier molecular flexibility index (Phi) is 6.94. The number of nitrogens with zero attached hydrogens (tertiary/aromatic N) is 2. The van der Waals surface area contributed by atoms with E-state index in [2.05, 4.69) is 10.6 Å². The van der Waals surface area contributed by atoms with E-state index in [-0.39, 0.29) is 16.7 Å². The maximum absolute atomic E-state index is 13.1. The van der Waals surface area contributed by atoms with E-state index < -0.39 is 34.0 Å². The Balaban J connectivity index is 1.77. The molecule has 2 atom stereocenters. The number of hydrogen-bond donors (Lipinski definition) is 2. The Morgan fingerprint density at radius 1 is 1.25 bits per heavy atom. The quantitative estimate of drug-likeness (QED) is 0.602. The summed E-state index contributed by atoms with van der Waals surface area (Å²) in [4.78, 5) is 39.3. The van der Waals surface area contributed by atoms with Crippen LogP contribution < -0.4 is 10.6 Å². The van der Waals surface area contributed by atoms with Crippen LogP contribution in [0.3, 0.4) is 0 Å². The third-order valence-corrected chi connectivity index (χ3v) is 8.68. The summed E-state index contributed by atoms with van der Waals surface area (Å²) < 4.78 is 27.0. The standard InChI is InChI=1S/C22H32N4O5S/c1-5-25(6-2)32(30,31)17-11-10-15(3)18(13-17)23-19(27)14-26-20(28)22(24-21(26)29)12-8-7-9-16(22)4/h10-11,13,16H,5-9,12,14H2,1-4H3,(H,23,27)(H,24,29)/t16-,22+/m1/s1. The molecular formula is C22H32N4O5S. The number of carbonyl (C=O) groups excluding carboxylic acids is 3. The molecule has 32 heavy (non-hydrogen) atoms. The fourth-order valence-corrected chi connectivity index (χ4v) is 6.07. The van der Waals surface area contributed by atoms with E-state index in [9.17, 15) is 22.8 Å². The zero-order chi connectivity index (χ0) is 23.7. The number of rotatable bonds is 7. The molecule has 3 rings (SSSR count). The number of nitrogens with one attached hydrogen (secondary N) is 2. The summed E-state index contributed by atoms with van der Waals surface area (Å²) in [6.07, 6.45) is 3.28. The summed E-state index contributed by atoms with van der Waals surface area (Å²) in [6.45, 7) is 7.46. The van der Waals surface area contributed by atoms with Crippen molar-refractivity contribution in [3.05, 3.63) is 23.8 Å². The van der Waals surface area contributed by atoms with Crippen LogP contribution >= 0.6 is 0 Å². The first-order valence-corrected chi connectivity index (χ1v) is 12.6. The highest BCUT2D eigenvalue weighted by Crippen LogP contribution is 2.38. The lowest BCUT2D eigenvalue weighted by Gasteiger charge is -2.36. The molecule has 1 aromatic rings. The van der Waals surface area contributed by atoms with Crippen LogP contribution in [0.25, 0.3) is 0 Å². The van der Waals surface area contributed by atoms with Crippen LogP contribution in [0.1, 0.15) is 52.0 Å². The van der Waals surface area contributed by atoms with Crippen molar-refractivity contribution < 1.29 is 22.8 Å². The lowest BCUT2D eigenvalue weighted by molar-refractivity contribution is -0.136. The maximum Gasteiger partial charge on any atom is 0.325 e. The normalized spacial score (nSPS) is 23.7. The van der Waals surface area contributed by atoms with Gasteiger partial charge in [-0.2, -0.15) is 4.31 Å². The molecule has 0 bridgehead atoms. The van der Waals surface area contributed by atoms with E-state index in [1.165, 1.54) is 16.4 Å². The van der Waals surface area contributed by atoms with Crippen LogP contribution in [0, 0.1) is 12.8 Å². The third kappa shape index (κ3) is 4.25. The molecule has 1 aliphatic heterocycles. The van der Waals surface area contributed by atoms with E-state index in [1.54, 1.807) is 26.8 Å². The number of aryl methyl sites for hydroxylation is 1. The monoisotopic (exact) mass is 464 g/mol. The van der Waals surface area contributed by atoms with Gasteiger partial charge >= 0.3 is 6.03 Å². The topological polar surface area (TPSA) is 116 Å². The molecule has 10 heteroatoms. The smallest absolute Gasteiger partial charge is 0.324 e. The van der Waals surface area contributed by atoms with Crippen LogP contribution in [0.2, 0.25) is 0 Å². The van der Waals surface area contributed by atoms with Crippen LogP contribution in [0.4, 0.5) is 10.5 Å². The highest BCUT2D eigenvalue weighted by atomic mass is 32.2. The Bertz CT molecular complexity index is 1020. The summed E-state index contributed by atoms with van der Waals surface area (Å²) in [6, 6.07) is 3.98. The van der Waals surface area contributed by atoms with Gasteiger partial charge in [0.15, 0.2) is 0 Å². The van der Waals surface area contributed by atoms with Crippen molar-refractivity contribution in [3.8, 4) is 0 Å². The molecule has 1 saturated carbocycles. The zero-order valence-corrected chi connectivity index (χ0v) is 19.9. The molecule has 0 radical (unpaired) electrons. The minimum atomic E-state index is -3.69. The van der Waals surface area contributed by atoms with E-state index in [0.717, 1.165) is 24.2 Å². The highest BCUT2D eigenvalue weighted by molar-refractivity contribution is 7.89. The lowest BCUT2D eigenvalue weighted by atomic mass is 9.73. The van der Waals surface area contributed by atoms with Gasteiger partial charge in [-0.1, -0.05) is 39.7 Å². The predicted molar refractivity (Wildman–Crippen MR) is 121 cm³/mol. The predicted octanol–water partition coefficient (Wildman–Crippen LogP) is 2.46. The van der Waals surface area contributed by atoms with Crippen LogP contribution in [0.15, 0.2) is 23.1 Å². The number of sulfonamides is 1. The Labute approximate surface area is 189 Å². The van der Waals surface area contributed by atoms with Crippen molar-refractivity contribution in [2.24, 2.45) is 5.92 Å². The summed E-state index contributed by atoms with van der Waals surface area (Å²) in [7, 11) is -3.69. The molecule has 1 spiro atoms. The van der Waals surface area contributed by atoms with Crippen molar-refractivity contribution in [1.82, 2.24) is 14.5 Å². The van der Waals surface area contributed by atoms with Gasteiger partial charge in [0.1, 0.15) is 12.1 Å². The first-order valence-electron chi connectivity index (χ1n) is 11.1. The maximum atomic E-state index is 13.1. The number of anilines is 1. The molecule has 2 aliphatic rings. The minimum Gasteiger partial charge on any atom is -0.324 e. The van der Waals surface area contributed by atoms with Crippen LogP contribution in [-0.4, -0.2) is 60.6 Å². The second-order valence-corrected chi connectivity index (χ2v) is 10.5. The second kappa shape index (κ2) is 9.19. The van der Waals surface area contributed by atoms with Crippen molar-refractivity contribution in [1.29, 1.82) is 0 Å². The molecule has 1 aliphatic carbocycles. The summed E-state index contributed by atoms with van der Waals surface area (Å²) >= 11 is 0. The SMILES string of the molecule is CCN(CC)S(=O)(=O)c1ccc(C)c(NC(=O)CN2C(=O)N[C@]3(CCCC[C@H]3C)C2=O)c1. The van der Waals surface area contributed by atoms with Crippen molar-refractivity contribution in [3.63, 3.8) is 0 Å². The number of carbonyl (C=O) groups is 3. The van der Waals surface area contributed by atoms with Gasteiger partial charge < -0.3 is 10.6 Å². The second-order valence-electron chi connectivity index (χ2n) is 8.55. The summed E-state index contributed by atoms with van der Waals surface area (Å²) in [5.74, 6) is -0.918. The largest absolute Gasteiger partial charge is 0.325 e. The van der Waals surface area contributed by atoms with E-state index in [4.69, 9.17) is 0 Å². The number of urea groups is 1. The van der Waals surface area contributed by atoms with Crippen LogP contribution in [0.5, 0.6) is 0 Å². The Morgan fingerprint density at radius 3 is 2.56 bits per heavy atom. The molecule has 9 nitrogen and oxygen atoms in total. The van der Waals surface area contributed by atoms with Crippen LogP contribution in [-0.2, 0) is 19.6 Å². The lowest BCUT2D eigenvalue weighted by Crippen LogP contribution is -2.54.